The minimum Gasteiger partial charge on any atom is -0.478 e. The van der Waals surface area contributed by atoms with E-state index in [1.54, 1.807) is 115 Å². The molecule has 0 radical (unpaired) electrons. The minimum atomic E-state index is -1.95. The molecule has 4 aromatic carbocycles. The predicted molar refractivity (Wildman–Crippen MR) is 181 cm³/mol. The van der Waals surface area contributed by atoms with Crippen molar-refractivity contribution in [1.82, 2.24) is 5.32 Å². The second-order valence-corrected chi connectivity index (χ2v) is 11.2. The number of aliphatic carboxylic acids is 2. The Balaban J connectivity index is 0.000000327. The van der Waals surface area contributed by atoms with E-state index in [9.17, 15) is 34.2 Å². The Kier molecular flexibility index (Phi) is 15.3. The van der Waals surface area contributed by atoms with Crippen molar-refractivity contribution in [2.75, 3.05) is 0 Å². The zero-order valence-electron chi connectivity index (χ0n) is 25.9. The molecule has 11 nitrogen and oxygen atoms in total. The van der Waals surface area contributed by atoms with Crippen LogP contribution >= 0.6 is 24.2 Å². The molecular formula is C35H35ClN2O9S. The summed E-state index contributed by atoms with van der Waals surface area (Å²) in [5, 5.41) is 21.8. The lowest BCUT2D eigenvalue weighted by Gasteiger charge is -2.33. The van der Waals surface area contributed by atoms with Crippen molar-refractivity contribution in [2.24, 2.45) is 5.73 Å². The third-order valence-corrected chi connectivity index (χ3v) is 7.82. The van der Waals surface area contributed by atoms with Gasteiger partial charge in [0.05, 0.1) is 6.04 Å². The van der Waals surface area contributed by atoms with Gasteiger partial charge in [0, 0.05) is 24.3 Å². The van der Waals surface area contributed by atoms with Gasteiger partial charge in [-0.3, -0.25) is 14.4 Å². The molecule has 4 aromatic rings. The number of carbonyl (C=O) groups is 5. The molecule has 0 aliphatic heterocycles. The summed E-state index contributed by atoms with van der Waals surface area (Å²) in [6.07, 6.45) is -1.53. The first-order valence-electron chi connectivity index (χ1n) is 14.2. The molecule has 0 saturated heterocycles. The lowest BCUT2D eigenvalue weighted by Crippen LogP contribution is -2.48. The van der Waals surface area contributed by atoms with Gasteiger partial charge in [-0.05, 0) is 35.4 Å². The third-order valence-electron chi connectivity index (χ3n) is 6.49. The van der Waals surface area contributed by atoms with Gasteiger partial charge in [0.2, 0.25) is 6.10 Å². The second kappa shape index (κ2) is 18.8. The van der Waals surface area contributed by atoms with Gasteiger partial charge in [-0.2, -0.15) is 0 Å². The molecule has 1 amide bonds. The van der Waals surface area contributed by atoms with Crippen LogP contribution in [-0.2, 0) is 28.7 Å². The zero-order valence-corrected chi connectivity index (χ0v) is 27.6. The van der Waals surface area contributed by atoms with Crippen LogP contribution in [0.5, 0.6) is 0 Å². The number of benzene rings is 4. The SMILES string of the molecule is CC(=O)O[C@@H](C(=O)O)[C@@H](NC(=O)c1ccccc1)c1ccccc1.CC(=O)O[C@@](Sc1ccccc1)(C(=O)O)[C@@H](N)c1ccccc1.Cl. The van der Waals surface area contributed by atoms with E-state index in [1.807, 2.05) is 6.07 Å². The number of amides is 1. The molecule has 5 N–H and O–H groups in total. The van der Waals surface area contributed by atoms with Gasteiger partial charge < -0.3 is 30.7 Å². The van der Waals surface area contributed by atoms with E-state index in [4.69, 9.17) is 15.2 Å². The molecule has 48 heavy (non-hydrogen) atoms. The number of carboxylic acid groups (broad SMARTS) is 2. The quantitative estimate of drug-likeness (QED) is 0.0844. The lowest BCUT2D eigenvalue weighted by molar-refractivity contribution is -0.168. The van der Waals surface area contributed by atoms with Crippen LogP contribution in [0, 0.1) is 0 Å². The van der Waals surface area contributed by atoms with Crippen molar-refractivity contribution >= 4 is 54.0 Å². The summed E-state index contributed by atoms with van der Waals surface area (Å²) in [7, 11) is 0. The van der Waals surface area contributed by atoms with E-state index in [0.717, 1.165) is 18.7 Å². The fourth-order valence-corrected chi connectivity index (χ4v) is 5.53. The van der Waals surface area contributed by atoms with Crippen LogP contribution in [0.4, 0.5) is 0 Å². The molecule has 0 spiro atoms. The summed E-state index contributed by atoms with van der Waals surface area (Å²) in [4.78, 5) is 57.4. The van der Waals surface area contributed by atoms with Crippen LogP contribution in [0.25, 0.3) is 0 Å². The maximum atomic E-state index is 12.4. The molecule has 4 rings (SSSR count). The Bertz CT molecular complexity index is 1650. The standard InChI is InChI=1S/C18H17NO5.C17H17NO4S.ClH/c1-12(20)24-16(18(22)23)15(13-8-4-2-5-9-13)19-17(21)14-10-6-3-7-11-14;1-12(19)22-17(16(20)21,23-14-10-6-3-7-11-14)15(18)13-8-4-2-5-9-13;/h2-11,15-16H,1H3,(H,19,21)(H,22,23);2-11,15H,18H2,1H3,(H,20,21);1H/t15-,16+;15-,17-;/m00./s1. The number of hydrogen-bond donors (Lipinski definition) is 4. The van der Waals surface area contributed by atoms with Gasteiger partial charge >= 0.3 is 23.9 Å². The Morgan fingerprint density at radius 1 is 0.708 bits per heavy atom. The van der Waals surface area contributed by atoms with Gasteiger partial charge in [0.25, 0.3) is 10.8 Å². The van der Waals surface area contributed by atoms with E-state index < -0.39 is 52.9 Å². The van der Waals surface area contributed by atoms with Crippen LogP contribution in [0.1, 0.15) is 47.4 Å². The number of nitrogens with one attached hydrogen (secondary N) is 1. The number of rotatable bonds is 12. The molecule has 0 fully saturated rings. The fraction of sp³-hybridized carbons (Fsp3) is 0.171. The minimum absolute atomic E-state index is 0. The molecule has 0 unspecified atom stereocenters. The zero-order chi connectivity index (χ0) is 34.4. The summed E-state index contributed by atoms with van der Waals surface area (Å²) in [6, 6.07) is 32.4. The van der Waals surface area contributed by atoms with Gasteiger partial charge in [0.15, 0.2) is 0 Å². The summed E-state index contributed by atoms with van der Waals surface area (Å²) < 4.78 is 10.1. The van der Waals surface area contributed by atoms with Gasteiger partial charge in [0.1, 0.15) is 6.04 Å². The van der Waals surface area contributed by atoms with E-state index in [2.05, 4.69) is 5.32 Å². The average Bonchev–Trinajstić information content (AvgIpc) is 3.07. The van der Waals surface area contributed by atoms with Crippen molar-refractivity contribution in [1.29, 1.82) is 0 Å². The number of thioether (sulfide) groups is 1. The first-order valence-corrected chi connectivity index (χ1v) is 15.0. The molecule has 252 valence electrons. The van der Waals surface area contributed by atoms with Crippen molar-refractivity contribution in [2.45, 2.75) is 41.9 Å². The maximum Gasteiger partial charge on any atom is 0.361 e. The summed E-state index contributed by atoms with van der Waals surface area (Å²) in [6.45, 7) is 2.29. The monoisotopic (exact) mass is 694 g/mol. The normalized spacial score (nSPS) is 13.3. The highest BCUT2D eigenvalue weighted by Crippen LogP contribution is 2.42. The topological polar surface area (TPSA) is 182 Å². The Labute approximate surface area is 287 Å². The van der Waals surface area contributed by atoms with Crippen molar-refractivity contribution in [3.63, 3.8) is 0 Å². The highest BCUT2D eigenvalue weighted by atomic mass is 35.5. The number of hydrogen-bond acceptors (Lipinski definition) is 9. The number of carboxylic acids is 2. The molecule has 0 aliphatic rings. The van der Waals surface area contributed by atoms with Crippen LogP contribution in [0.15, 0.2) is 126 Å². The van der Waals surface area contributed by atoms with Crippen molar-refractivity contribution in [3.05, 3.63) is 138 Å². The molecule has 0 bridgehead atoms. The Hall–Kier alpha value is -5.17. The summed E-state index contributed by atoms with van der Waals surface area (Å²) >= 11 is 0.908. The highest BCUT2D eigenvalue weighted by Gasteiger charge is 2.50. The predicted octanol–water partition coefficient (Wildman–Crippen LogP) is 5.42. The highest BCUT2D eigenvalue weighted by molar-refractivity contribution is 8.01. The molecule has 0 saturated carbocycles. The molecule has 0 aromatic heterocycles. The number of nitrogens with two attached hydrogens (primary N) is 1. The molecule has 0 aliphatic carbocycles. The first kappa shape index (κ1) is 39.0. The molecular weight excluding hydrogens is 660 g/mol. The summed E-state index contributed by atoms with van der Waals surface area (Å²) in [5.41, 5.74) is 7.67. The van der Waals surface area contributed by atoms with Crippen LogP contribution in [-0.4, -0.2) is 51.0 Å². The van der Waals surface area contributed by atoms with E-state index >= 15 is 0 Å². The number of ether oxygens (including phenoxy) is 2. The van der Waals surface area contributed by atoms with Crippen molar-refractivity contribution in [3.8, 4) is 0 Å². The lowest BCUT2D eigenvalue weighted by atomic mass is 10.0. The Morgan fingerprint density at radius 3 is 1.60 bits per heavy atom. The molecule has 13 heteroatoms. The van der Waals surface area contributed by atoms with Gasteiger partial charge in [-0.1, -0.05) is 109 Å². The smallest absolute Gasteiger partial charge is 0.361 e. The van der Waals surface area contributed by atoms with Crippen LogP contribution < -0.4 is 11.1 Å². The maximum absolute atomic E-state index is 12.4. The largest absolute Gasteiger partial charge is 0.478 e. The third kappa shape index (κ3) is 11.0. The van der Waals surface area contributed by atoms with Gasteiger partial charge in [-0.15, -0.1) is 12.4 Å². The average molecular weight is 695 g/mol. The number of halogens is 1. The number of esters is 2. The van der Waals surface area contributed by atoms with Crippen LogP contribution in [0.2, 0.25) is 0 Å². The van der Waals surface area contributed by atoms with E-state index in [1.165, 1.54) is 6.92 Å². The van der Waals surface area contributed by atoms with Crippen molar-refractivity contribution < 1.29 is 43.7 Å². The summed E-state index contributed by atoms with van der Waals surface area (Å²) in [5.74, 6) is -4.55. The fourth-order valence-electron chi connectivity index (χ4n) is 4.37. The number of carbonyl (C=O) groups excluding carboxylic acids is 3. The second-order valence-electron chi connectivity index (χ2n) is 9.97. The van der Waals surface area contributed by atoms with E-state index in [0.29, 0.717) is 21.6 Å². The molecule has 4 atom stereocenters. The van der Waals surface area contributed by atoms with Crippen LogP contribution in [0.3, 0.4) is 0 Å². The first-order chi connectivity index (χ1) is 22.4. The Morgan fingerprint density at radius 2 is 1.17 bits per heavy atom. The molecule has 0 heterocycles. The van der Waals surface area contributed by atoms with Gasteiger partial charge in [-0.25, -0.2) is 9.59 Å². The van der Waals surface area contributed by atoms with E-state index in [-0.39, 0.29) is 12.4 Å².